The number of nitrogens with zero attached hydrogens (tertiary/aromatic N) is 2. The Labute approximate surface area is 122 Å². The highest BCUT2D eigenvalue weighted by Gasteiger charge is 2.11. The molecular formula is C14H14Cl2N2O. The van der Waals surface area contributed by atoms with Crippen molar-refractivity contribution in [2.24, 2.45) is 0 Å². The summed E-state index contributed by atoms with van der Waals surface area (Å²) >= 11 is 11.8. The molecule has 0 amide bonds. The summed E-state index contributed by atoms with van der Waals surface area (Å²) in [5, 5.41) is 0.319. The molecule has 0 radical (unpaired) electrons. The van der Waals surface area contributed by atoms with E-state index in [-0.39, 0.29) is 5.88 Å². The summed E-state index contributed by atoms with van der Waals surface area (Å²) in [4.78, 5) is 7.97. The average molecular weight is 297 g/mol. The minimum Gasteiger partial charge on any atom is -0.439 e. The molecule has 0 saturated carbocycles. The summed E-state index contributed by atoms with van der Waals surface area (Å²) in [5.41, 5.74) is 1.80. The highest BCUT2D eigenvalue weighted by atomic mass is 35.5. The molecule has 0 spiro atoms. The fourth-order valence-electron chi connectivity index (χ4n) is 1.63. The van der Waals surface area contributed by atoms with E-state index in [1.54, 1.807) is 0 Å². The smallest absolute Gasteiger partial charge is 0.228 e. The van der Waals surface area contributed by atoms with E-state index in [2.05, 4.69) is 29.9 Å². The van der Waals surface area contributed by atoms with Crippen LogP contribution in [0.5, 0.6) is 11.6 Å². The standard InChI is InChI=1S/C14H14Cl2N2O/c1-9(2)10-4-3-5-11(6-10)19-14-12(7-15)13(16)17-8-18-14/h3-6,8-9H,7H2,1-2H3. The fourth-order valence-corrected chi connectivity index (χ4v) is 2.13. The molecule has 19 heavy (non-hydrogen) atoms. The maximum Gasteiger partial charge on any atom is 0.228 e. The van der Waals surface area contributed by atoms with Crippen molar-refractivity contribution in [1.82, 2.24) is 9.97 Å². The van der Waals surface area contributed by atoms with Crippen molar-refractivity contribution in [3.63, 3.8) is 0 Å². The molecule has 0 aliphatic carbocycles. The average Bonchev–Trinajstić information content (AvgIpc) is 2.39. The van der Waals surface area contributed by atoms with E-state index in [0.29, 0.717) is 28.3 Å². The van der Waals surface area contributed by atoms with Gasteiger partial charge in [0.1, 0.15) is 17.2 Å². The van der Waals surface area contributed by atoms with Gasteiger partial charge < -0.3 is 4.74 Å². The molecule has 1 heterocycles. The van der Waals surface area contributed by atoms with Crippen LogP contribution in [0.2, 0.25) is 5.15 Å². The summed E-state index contributed by atoms with van der Waals surface area (Å²) in [6, 6.07) is 7.87. The van der Waals surface area contributed by atoms with Gasteiger partial charge in [0, 0.05) is 0 Å². The van der Waals surface area contributed by atoms with Crippen molar-refractivity contribution in [2.75, 3.05) is 0 Å². The van der Waals surface area contributed by atoms with E-state index in [0.717, 1.165) is 0 Å². The summed E-state index contributed by atoms with van der Waals surface area (Å²) in [6.45, 7) is 4.26. The van der Waals surface area contributed by atoms with E-state index in [4.69, 9.17) is 27.9 Å². The number of ether oxygens (including phenoxy) is 1. The highest BCUT2D eigenvalue weighted by molar-refractivity contribution is 6.31. The SMILES string of the molecule is CC(C)c1cccc(Oc2ncnc(Cl)c2CCl)c1. The van der Waals surface area contributed by atoms with E-state index >= 15 is 0 Å². The second-order valence-corrected chi connectivity index (χ2v) is 5.04. The molecule has 2 aromatic rings. The predicted octanol–water partition coefficient (Wildman–Crippen LogP) is 4.78. The number of alkyl halides is 1. The molecule has 5 heteroatoms. The van der Waals surface area contributed by atoms with Gasteiger partial charge >= 0.3 is 0 Å². The van der Waals surface area contributed by atoms with Gasteiger partial charge in [-0.25, -0.2) is 9.97 Å². The molecular weight excluding hydrogens is 283 g/mol. The molecule has 0 aliphatic heterocycles. The Balaban J connectivity index is 2.31. The second-order valence-electron chi connectivity index (χ2n) is 4.41. The van der Waals surface area contributed by atoms with Gasteiger partial charge in [-0.15, -0.1) is 11.6 Å². The van der Waals surface area contributed by atoms with Crippen molar-refractivity contribution < 1.29 is 4.74 Å². The number of aromatic nitrogens is 2. The maximum absolute atomic E-state index is 5.96. The lowest BCUT2D eigenvalue weighted by atomic mass is 10.0. The van der Waals surface area contributed by atoms with Gasteiger partial charge in [0.05, 0.1) is 11.4 Å². The highest BCUT2D eigenvalue weighted by Crippen LogP contribution is 2.29. The zero-order valence-corrected chi connectivity index (χ0v) is 12.2. The third kappa shape index (κ3) is 3.37. The van der Waals surface area contributed by atoms with Crippen LogP contribution in [-0.4, -0.2) is 9.97 Å². The summed E-state index contributed by atoms with van der Waals surface area (Å²) < 4.78 is 5.75. The van der Waals surface area contributed by atoms with E-state index in [1.165, 1.54) is 11.9 Å². The van der Waals surface area contributed by atoms with Gasteiger partial charge in [-0.3, -0.25) is 0 Å². The van der Waals surface area contributed by atoms with Crippen LogP contribution in [-0.2, 0) is 5.88 Å². The lowest BCUT2D eigenvalue weighted by Crippen LogP contribution is -1.96. The monoisotopic (exact) mass is 296 g/mol. The molecule has 2 rings (SSSR count). The van der Waals surface area contributed by atoms with Crippen molar-refractivity contribution in [2.45, 2.75) is 25.6 Å². The first-order chi connectivity index (χ1) is 9.11. The first kappa shape index (κ1) is 14.1. The Kier molecular flexibility index (Phi) is 4.61. The summed E-state index contributed by atoms with van der Waals surface area (Å²) in [7, 11) is 0. The molecule has 3 nitrogen and oxygen atoms in total. The number of hydrogen-bond donors (Lipinski definition) is 0. The van der Waals surface area contributed by atoms with E-state index in [9.17, 15) is 0 Å². The van der Waals surface area contributed by atoms with Gasteiger partial charge in [-0.05, 0) is 23.6 Å². The van der Waals surface area contributed by atoms with Gasteiger partial charge in [0.15, 0.2) is 0 Å². The van der Waals surface area contributed by atoms with Crippen molar-refractivity contribution >= 4 is 23.2 Å². The minimum absolute atomic E-state index is 0.207. The van der Waals surface area contributed by atoms with E-state index in [1.807, 2.05) is 18.2 Å². The van der Waals surface area contributed by atoms with Crippen LogP contribution in [0, 0.1) is 0 Å². The van der Waals surface area contributed by atoms with Crippen molar-refractivity contribution in [3.8, 4) is 11.6 Å². The fraction of sp³-hybridized carbons (Fsp3) is 0.286. The number of hydrogen-bond acceptors (Lipinski definition) is 3. The maximum atomic E-state index is 5.96. The van der Waals surface area contributed by atoms with Gasteiger partial charge in [-0.2, -0.15) is 0 Å². The number of rotatable bonds is 4. The molecule has 0 unspecified atom stereocenters. The van der Waals surface area contributed by atoms with Crippen molar-refractivity contribution in [1.29, 1.82) is 0 Å². The topological polar surface area (TPSA) is 35.0 Å². The van der Waals surface area contributed by atoms with Crippen LogP contribution in [0.25, 0.3) is 0 Å². The number of benzene rings is 1. The summed E-state index contributed by atoms with van der Waals surface area (Å²) in [5.74, 6) is 1.76. The van der Waals surface area contributed by atoms with Crippen LogP contribution in [0.15, 0.2) is 30.6 Å². The van der Waals surface area contributed by atoms with Gasteiger partial charge in [0.2, 0.25) is 5.88 Å². The summed E-state index contributed by atoms with van der Waals surface area (Å²) in [6.07, 6.45) is 1.36. The zero-order valence-electron chi connectivity index (χ0n) is 10.7. The van der Waals surface area contributed by atoms with Crippen LogP contribution in [0.1, 0.15) is 30.9 Å². The first-order valence-electron chi connectivity index (χ1n) is 5.95. The largest absolute Gasteiger partial charge is 0.439 e. The Bertz CT molecular complexity index is 573. The lowest BCUT2D eigenvalue weighted by Gasteiger charge is -2.11. The third-order valence-electron chi connectivity index (χ3n) is 2.73. The second kappa shape index (κ2) is 6.22. The molecule has 0 N–H and O–H groups in total. The van der Waals surface area contributed by atoms with E-state index < -0.39 is 0 Å². The Hall–Kier alpha value is -1.32. The van der Waals surface area contributed by atoms with Crippen LogP contribution < -0.4 is 4.74 Å². The van der Waals surface area contributed by atoms with Gasteiger partial charge in [-0.1, -0.05) is 37.6 Å². The van der Waals surface area contributed by atoms with Gasteiger partial charge in [0.25, 0.3) is 0 Å². The predicted molar refractivity (Wildman–Crippen MR) is 77.2 cm³/mol. The molecule has 0 fully saturated rings. The molecule has 1 aromatic carbocycles. The zero-order chi connectivity index (χ0) is 13.8. The Morgan fingerprint density at radius 3 is 2.74 bits per heavy atom. The minimum atomic E-state index is 0.207. The van der Waals surface area contributed by atoms with Crippen LogP contribution in [0.3, 0.4) is 0 Å². The Morgan fingerprint density at radius 1 is 1.26 bits per heavy atom. The lowest BCUT2D eigenvalue weighted by molar-refractivity contribution is 0.456. The molecule has 100 valence electrons. The van der Waals surface area contributed by atoms with Crippen LogP contribution in [0.4, 0.5) is 0 Å². The quantitative estimate of drug-likeness (QED) is 0.601. The van der Waals surface area contributed by atoms with Crippen LogP contribution >= 0.6 is 23.2 Å². The molecule has 0 atom stereocenters. The molecule has 0 aliphatic rings. The Morgan fingerprint density at radius 2 is 2.05 bits per heavy atom. The molecule has 0 saturated heterocycles. The molecule has 0 bridgehead atoms. The van der Waals surface area contributed by atoms with Crippen molar-refractivity contribution in [3.05, 3.63) is 46.9 Å². The third-order valence-corrected chi connectivity index (χ3v) is 3.32. The normalized spacial score (nSPS) is 10.8. The molecule has 1 aromatic heterocycles. The number of halogens is 2. The first-order valence-corrected chi connectivity index (χ1v) is 6.86.